The van der Waals surface area contributed by atoms with Crippen LogP contribution in [0.3, 0.4) is 0 Å². The van der Waals surface area contributed by atoms with Crippen molar-refractivity contribution in [3.05, 3.63) is 53.1 Å². The summed E-state index contributed by atoms with van der Waals surface area (Å²) in [5.41, 5.74) is 0.0656. The van der Waals surface area contributed by atoms with Crippen molar-refractivity contribution in [2.75, 3.05) is 7.11 Å². The van der Waals surface area contributed by atoms with Crippen LogP contribution in [0, 0.1) is 18.6 Å². The highest BCUT2D eigenvalue weighted by molar-refractivity contribution is 5.96. The minimum Gasteiger partial charge on any atom is -0.497 e. The van der Waals surface area contributed by atoms with E-state index in [1.54, 1.807) is 0 Å². The molecule has 5 heteroatoms. The molecule has 104 valence electrons. The number of carbonyl (C=O) groups is 1. The molecule has 0 heterocycles. The second-order valence-electron chi connectivity index (χ2n) is 4.30. The Morgan fingerprint density at radius 2 is 1.80 bits per heavy atom. The zero-order chi connectivity index (χ0) is 14.9. The number of aromatic carboxylic acids is 1. The number of aryl methyl sites for hydroxylation is 1. The van der Waals surface area contributed by atoms with Crippen LogP contribution in [0.2, 0.25) is 0 Å². The van der Waals surface area contributed by atoms with Crippen LogP contribution in [0.1, 0.15) is 15.9 Å². The third-order valence-electron chi connectivity index (χ3n) is 3.00. The number of methoxy groups -OCH3 is 1. The summed E-state index contributed by atoms with van der Waals surface area (Å²) in [5.74, 6) is -2.19. The summed E-state index contributed by atoms with van der Waals surface area (Å²) in [6.45, 7) is 1.45. The topological polar surface area (TPSA) is 46.5 Å². The summed E-state index contributed by atoms with van der Waals surface area (Å²) in [7, 11) is 1.39. The van der Waals surface area contributed by atoms with Crippen LogP contribution in [-0.2, 0) is 0 Å². The van der Waals surface area contributed by atoms with Gasteiger partial charge in [-0.25, -0.2) is 13.6 Å². The quantitative estimate of drug-likeness (QED) is 0.932. The Bertz CT molecular complexity index is 681. The largest absolute Gasteiger partial charge is 0.497 e. The molecule has 0 bridgehead atoms. The molecule has 0 saturated heterocycles. The van der Waals surface area contributed by atoms with E-state index >= 15 is 0 Å². The monoisotopic (exact) mass is 278 g/mol. The van der Waals surface area contributed by atoms with E-state index in [1.807, 2.05) is 0 Å². The third-order valence-corrected chi connectivity index (χ3v) is 3.00. The first kappa shape index (κ1) is 14.0. The van der Waals surface area contributed by atoms with E-state index in [2.05, 4.69) is 0 Å². The number of carboxylic acids is 1. The van der Waals surface area contributed by atoms with Gasteiger partial charge in [0.05, 0.1) is 12.7 Å². The van der Waals surface area contributed by atoms with Crippen molar-refractivity contribution in [3.8, 4) is 16.9 Å². The van der Waals surface area contributed by atoms with Crippen LogP contribution in [0.25, 0.3) is 11.1 Å². The van der Waals surface area contributed by atoms with Crippen molar-refractivity contribution >= 4 is 5.97 Å². The molecule has 0 amide bonds. The SMILES string of the molecule is COc1ccc(-c2cc(F)c(C)cc2C(=O)O)c(F)c1. The minimum absolute atomic E-state index is 0.000697. The molecule has 2 aromatic carbocycles. The Morgan fingerprint density at radius 1 is 1.10 bits per heavy atom. The molecular weight excluding hydrogens is 266 g/mol. The number of halogens is 2. The summed E-state index contributed by atoms with van der Waals surface area (Å²) in [5, 5.41) is 9.16. The van der Waals surface area contributed by atoms with Gasteiger partial charge in [-0.1, -0.05) is 0 Å². The maximum absolute atomic E-state index is 14.0. The van der Waals surface area contributed by atoms with E-state index in [1.165, 1.54) is 32.2 Å². The normalized spacial score (nSPS) is 10.4. The molecule has 0 saturated carbocycles. The number of ether oxygens (including phenoxy) is 1. The molecule has 0 radical (unpaired) electrons. The highest BCUT2D eigenvalue weighted by Gasteiger charge is 2.17. The Labute approximate surface area is 114 Å². The standard InChI is InChI=1S/C15H12F2O3/c1-8-5-12(15(18)19)11(7-13(8)16)10-4-3-9(20-2)6-14(10)17/h3-7H,1-2H3,(H,18,19). The molecule has 2 aromatic rings. The predicted octanol–water partition coefficient (Wildman–Crippen LogP) is 3.65. The van der Waals surface area contributed by atoms with E-state index in [0.717, 1.165) is 12.1 Å². The molecule has 20 heavy (non-hydrogen) atoms. The lowest BCUT2D eigenvalue weighted by atomic mass is 9.97. The number of rotatable bonds is 3. The molecule has 0 aliphatic rings. The van der Waals surface area contributed by atoms with Gasteiger partial charge in [0.1, 0.15) is 17.4 Å². The predicted molar refractivity (Wildman–Crippen MR) is 70.0 cm³/mol. The Hall–Kier alpha value is -2.43. The first-order valence-corrected chi connectivity index (χ1v) is 5.81. The highest BCUT2D eigenvalue weighted by atomic mass is 19.1. The highest BCUT2D eigenvalue weighted by Crippen LogP contribution is 2.30. The molecule has 1 N–H and O–H groups in total. The first-order chi connectivity index (χ1) is 9.43. The Balaban J connectivity index is 2.68. The van der Waals surface area contributed by atoms with Crippen LogP contribution in [-0.4, -0.2) is 18.2 Å². The van der Waals surface area contributed by atoms with Gasteiger partial charge in [0.25, 0.3) is 0 Å². The van der Waals surface area contributed by atoms with Gasteiger partial charge >= 0.3 is 5.97 Å². The smallest absolute Gasteiger partial charge is 0.336 e. The van der Waals surface area contributed by atoms with Crippen molar-refractivity contribution in [1.29, 1.82) is 0 Å². The summed E-state index contributed by atoms with van der Waals surface area (Å²) < 4.78 is 32.5. The molecule has 0 atom stereocenters. The average molecular weight is 278 g/mol. The van der Waals surface area contributed by atoms with Gasteiger partial charge in [-0.15, -0.1) is 0 Å². The van der Waals surface area contributed by atoms with E-state index in [0.29, 0.717) is 5.75 Å². The van der Waals surface area contributed by atoms with Gasteiger partial charge in [-0.3, -0.25) is 0 Å². The van der Waals surface area contributed by atoms with Gasteiger partial charge in [-0.05, 0) is 36.8 Å². The zero-order valence-electron chi connectivity index (χ0n) is 10.9. The van der Waals surface area contributed by atoms with Gasteiger partial charge in [0, 0.05) is 17.2 Å². The van der Waals surface area contributed by atoms with Crippen LogP contribution in [0.5, 0.6) is 5.75 Å². The van der Waals surface area contributed by atoms with Crippen molar-refractivity contribution in [2.45, 2.75) is 6.92 Å². The second kappa shape index (κ2) is 5.28. The summed E-state index contributed by atoms with van der Waals surface area (Å²) >= 11 is 0. The zero-order valence-corrected chi connectivity index (χ0v) is 10.9. The van der Waals surface area contributed by atoms with Crippen molar-refractivity contribution in [3.63, 3.8) is 0 Å². The van der Waals surface area contributed by atoms with Crippen LogP contribution >= 0.6 is 0 Å². The van der Waals surface area contributed by atoms with Crippen molar-refractivity contribution in [2.24, 2.45) is 0 Å². The van der Waals surface area contributed by atoms with Gasteiger partial charge in [0.15, 0.2) is 0 Å². The van der Waals surface area contributed by atoms with Crippen LogP contribution < -0.4 is 4.74 Å². The van der Waals surface area contributed by atoms with Crippen LogP contribution in [0.15, 0.2) is 30.3 Å². The lowest BCUT2D eigenvalue weighted by Crippen LogP contribution is -2.03. The van der Waals surface area contributed by atoms with E-state index in [-0.39, 0.29) is 22.3 Å². The van der Waals surface area contributed by atoms with E-state index < -0.39 is 17.6 Å². The van der Waals surface area contributed by atoms with E-state index in [4.69, 9.17) is 9.84 Å². The Kier molecular flexibility index (Phi) is 3.70. The molecule has 0 unspecified atom stereocenters. The average Bonchev–Trinajstić information content (AvgIpc) is 2.41. The fourth-order valence-electron chi connectivity index (χ4n) is 1.92. The molecule has 0 fully saturated rings. The molecule has 0 aliphatic carbocycles. The second-order valence-corrected chi connectivity index (χ2v) is 4.30. The number of hydrogen-bond acceptors (Lipinski definition) is 2. The third kappa shape index (κ3) is 2.47. The molecule has 0 aromatic heterocycles. The summed E-state index contributed by atoms with van der Waals surface area (Å²) in [6, 6.07) is 6.20. The fraction of sp³-hybridized carbons (Fsp3) is 0.133. The molecule has 0 spiro atoms. The maximum Gasteiger partial charge on any atom is 0.336 e. The lowest BCUT2D eigenvalue weighted by molar-refractivity contribution is 0.0697. The lowest BCUT2D eigenvalue weighted by Gasteiger charge is -2.10. The number of hydrogen-bond donors (Lipinski definition) is 1. The van der Waals surface area contributed by atoms with E-state index in [9.17, 15) is 13.6 Å². The molecule has 0 aliphatic heterocycles. The van der Waals surface area contributed by atoms with Gasteiger partial charge in [0.2, 0.25) is 0 Å². The number of carboxylic acid groups (broad SMARTS) is 1. The van der Waals surface area contributed by atoms with Crippen LogP contribution in [0.4, 0.5) is 8.78 Å². The summed E-state index contributed by atoms with van der Waals surface area (Å²) in [6.07, 6.45) is 0. The van der Waals surface area contributed by atoms with Crippen molar-refractivity contribution in [1.82, 2.24) is 0 Å². The minimum atomic E-state index is -1.24. The number of benzene rings is 2. The fourth-order valence-corrected chi connectivity index (χ4v) is 1.92. The molecule has 2 rings (SSSR count). The Morgan fingerprint density at radius 3 is 2.35 bits per heavy atom. The maximum atomic E-state index is 14.0. The van der Waals surface area contributed by atoms with Gasteiger partial charge in [-0.2, -0.15) is 0 Å². The van der Waals surface area contributed by atoms with Crippen molar-refractivity contribution < 1.29 is 23.4 Å². The first-order valence-electron chi connectivity index (χ1n) is 5.81. The summed E-state index contributed by atoms with van der Waals surface area (Å²) in [4.78, 5) is 11.2. The molecular formula is C15H12F2O3. The molecule has 3 nitrogen and oxygen atoms in total. The van der Waals surface area contributed by atoms with Gasteiger partial charge < -0.3 is 9.84 Å².